The Kier molecular flexibility index (Phi) is 4.19. The van der Waals surface area contributed by atoms with Gasteiger partial charge in [-0.25, -0.2) is 0 Å². The lowest BCUT2D eigenvalue weighted by Crippen LogP contribution is -2.44. The maximum absolute atomic E-state index is 12.5. The van der Waals surface area contributed by atoms with Crippen molar-refractivity contribution in [1.82, 2.24) is 20.6 Å². The average Bonchev–Trinajstić information content (AvgIpc) is 3.21. The SMILES string of the molecule is Cc1nc(C2(NC(=O)CCc3c(C)noc3C)CCCC2)no1. The van der Waals surface area contributed by atoms with E-state index in [1.165, 1.54) is 0 Å². The lowest BCUT2D eigenvalue weighted by Gasteiger charge is -2.26. The molecule has 1 aliphatic rings. The van der Waals surface area contributed by atoms with Gasteiger partial charge < -0.3 is 14.4 Å². The topological polar surface area (TPSA) is 94.1 Å². The molecule has 0 spiro atoms. The minimum atomic E-state index is -0.479. The molecule has 124 valence electrons. The minimum Gasteiger partial charge on any atom is -0.361 e. The quantitative estimate of drug-likeness (QED) is 0.910. The van der Waals surface area contributed by atoms with E-state index in [2.05, 4.69) is 20.6 Å². The molecule has 1 fully saturated rings. The van der Waals surface area contributed by atoms with Crippen LogP contribution in [-0.4, -0.2) is 21.2 Å². The van der Waals surface area contributed by atoms with Crippen molar-refractivity contribution in [3.8, 4) is 0 Å². The summed E-state index contributed by atoms with van der Waals surface area (Å²) < 4.78 is 10.2. The number of amides is 1. The van der Waals surface area contributed by atoms with Gasteiger partial charge in [0.05, 0.1) is 5.69 Å². The molecule has 1 aliphatic carbocycles. The summed E-state index contributed by atoms with van der Waals surface area (Å²) in [6.07, 6.45) is 4.82. The van der Waals surface area contributed by atoms with Crippen LogP contribution in [0.2, 0.25) is 0 Å². The summed E-state index contributed by atoms with van der Waals surface area (Å²) in [6.45, 7) is 5.52. The third-order valence-corrected chi connectivity index (χ3v) is 4.57. The standard InChI is InChI=1S/C16H22N4O3/c1-10-13(11(2)22-19-10)6-7-14(21)18-16(8-4-5-9-16)15-17-12(3)23-20-15/h4-9H2,1-3H3,(H,18,21). The zero-order chi connectivity index (χ0) is 16.4. The molecule has 0 aromatic carbocycles. The van der Waals surface area contributed by atoms with Crippen molar-refractivity contribution in [3.63, 3.8) is 0 Å². The Morgan fingerprint density at radius 3 is 2.48 bits per heavy atom. The van der Waals surface area contributed by atoms with Crippen LogP contribution in [0.15, 0.2) is 9.05 Å². The fourth-order valence-corrected chi connectivity index (χ4v) is 3.30. The number of rotatable bonds is 5. The number of nitrogens with zero attached hydrogens (tertiary/aromatic N) is 3. The molecular formula is C16H22N4O3. The fraction of sp³-hybridized carbons (Fsp3) is 0.625. The highest BCUT2D eigenvalue weighted by Crippen LogP contribution is 2.37. The summed E-state index contributed by atoms with van der Waals surface area (Å²) in [7, 11) is 0. The smallest absolute Gasteiger partial charge is 0.223 e. The zero-order valence-corrected chi connectivity index (χ0v) is 13.8. The van der Waals surface area contributed by atoms with E-state index in [-0.39, 0.29) is 5.91 Å². The molecule has 0 saturated heterocycles. The van der Waals surface area contributed by atoms with Crippen molar-refractivity contribution in [1.29, 1.82) is 0 Å². The first-order chi connectivity index (χ1) is 11.0. The predicted octanol–water partition coefficient (Wildman–Crippen LogP) is 2.50. The Morgan fingerprint density at radius 1 is 1.17 bits per heavy atom. The van der Waals surface area contributed by atoms with Crippen molar-refractivity contribution >= 4 is 5.91 Å². The van der Waals surface area contributed by atoms with Crippen LogP contribution in [0.25, 0.3) is 0 Å². The van der Waals surface area contributed by atoms with E-state index in [1.54, 1.807) is 6.92 Å². The van der Waals surface area contributed by atoms with E-state index < -0.39 is 5.54 Å². The molecule has 3 rings (SSSR count). The Bertz CT molecular complexity index is 678. The maximum atomic E-state index is 12.5. The first-order valence-corrected chi connectivity index (χ1v) is 8.04. The summed E-state index contributed by atoms with van der Waals surface area (Å²) in [4.78, 5) is 16.8. The predicted molar refractivity (Wildman–Crippen MR) is 81.6 cm³/mol. The van der Waals surface area contributed by atoms with E-state index >= 15 is 0 Å². The highest BCUT2D eigenvalue weighted by Gasteiger charge is 2.41. The number of carbonyl (C=O) groups excluding carboxylic acids is 1. The average molecular weight is 318 g/mol. The monoisotopic (exact) mass is 318 g/mol. The lowest BCUT2D eigenvalue weighted by atomic mass is 9.96. The summed E-state index contributed by atoms with van der Waals surface area (Å²) in [6, 6.07) is 0. The van der Waals surface area contributed by atoms with E-state index in [4.69, 9.17) is 9.05 Å². The zero-order valence-electron chi connectivity index (χ0n) is 13.8. The summed E-state index contributed by atoms with van der Waals surface area (Å²) in [5.41, 5.74) is 1.38. The maximum Gasteiger partial charge on any atom is 0.223 e. The Morgan fingerprint density at radius 2 is 1.91 bits per heavy atom. The molecule has 0 atom stereocenters. The van der Waals surface area contributed by atoms with Crippen LogP contribution in [0.5, 0.6) is 0 Å². The van der Waals surface area contributed by atoms with Crippen LogP contribution < -0.4 is 5.32 Å². The van der Waals surface area contributed by atoms with Gasteiger partial charge >= 0.3 is 0 Å². The third-order valence-electron chi connectivity index (χ3n) is 4.57. The molecule has 2 aromatic heterocycles. The molecule has 1 saturated carbocycles. The second-order valence-electron chi connectivity index (χ2n) is 6.28. The van der Waals surface area contributed by atoms with Gasteiger partial charge in [-0.1, -0.05) is 23.2 Å². The highest BCUT2D eigenvalue weighted by molar-refractivity contribution is 5.77. The molecule has 2 aromatic rings. The van der Waals surface area contributed by atoms with E-state index in [0.717, 1.165) is 42.7 Å². The van der Waals surface area contributed by atoms with Gasteiger partial charge in [0.15, 0.2) is 5.82 Å². The molecular weight excluding hydrogens is 296 g/mol. The van der Waals surface area contributed by atoms with Crippen molar-refractivity contribution < 1.29 is 13.8 Å². The van der Waals surface area contributed by atoms with Gasteiger partial charge in [-0.3, -0.25) is 4.79 Å². The van der Waals surface area contributed by atoms with Crippen LogP contribution in [0.1, 0.15) is 60.8 Å². The second kappa shape index (κ2) is 6.14. The van der Waals surface area contributed by atoms with Crippen LogP contribution >= 0.6 is 0 Å². The molecule has 0 bridgehead atoms. The van der Waals surface area contributed by atoms with Gasteiger partial charge in [0.2, 0.25) is 11.8 Å². The molecule has 0 radical (unpaired) electrons. The molecule has 7 heteroatoms. The molecule has 2 heterocycles. The van der Waals surface area contributed by atoms with Gasteiger partial charge in [0, 0.05) is 18.9 Å². The Hall–Kier alpha value is -2.18. The van der Waals surface area contributed by atoms with Crippen LogP contribution in [-0.2, 0) is 16.8 Å². The van der Waals surface area contributed by atoms with Crippen LogP contribution in [0.4, 0.5) is 0 Å². The molecule has 0 unspecified atom stereocenters. The minimum absolute atomic E-state index is 0.00523. The molecule has 0 aliphatic heterocycles. The number of carbonyl (C=O) groups is 1. The molecule has 7 nitrogen and oxygen atoms in total. The van der Waals surface area contributed by atoms with Crippen LogP contribution in [0.3, 0.4) is 0 Å². The van der Waals surface area contributed by atoms with Crippen molar-refractivity contribution in [3.05, 3.63) is 28.7 Å². The first kappa shape index (κ1) is 15.7. The number of aromatic nitrogens is 3. The lowest BCUT2D eigenvalue weighted by molar-refractivity contribution is -0.123. The van der Waals surface area contributed by atoms with Crippen molar-refractivity contribution in [2.45, 2.75) is 64.8 Å². The van der Waals surface area contributed by atoms with Gasteiger partial charge in [-0.2, -0.15) is 4.98 Å². The van der Waals surface area contributed by atoms with Crippen molar-refractivity contribution in [2.75, 3.05) is 0 Å². The van der Waals surface area contributed by atoms with Gasteiger partial charge in [-0.05, 0) is 33.1 Å². The van der Waals surface area contributed by atoms with Crippen molar-refractivity contribution in [2.24, 2.45) is 0 Å². The molecule has 1 N–H and O–H groups in total. The summed E-state index contributed by atoms with van der Waals surface area (Å²) >= 11 is 0. The number of hydrogen-bond acceptors (Lipinski definition) is 6. The summed E-state index contributed by atoms with van der Waals surface area (Å²) in [5, 5.41) is 11.1. The van der Waals surface area contributed by atoms with E-state index in [0.29, 0.717) is 24.6 Å². The molecule has 1 amide bonds. The molecule has 23 heavy (non-hydrogen) atoms. The van der Waals surface area contributed by atoms with E-state index in [9.17, 15) is 4.79 Å². The second-order valence-corrected chi connectivity index (χ2v) is 6.28. The normalized spacial score (nSPS) is 16.7. The van der Waals surface area contributed by atoms with Gasteiger partial charge in [0.1, 0.15) is 11.3 Å². The van der Waals surface area contributed by atoms with Gasteiger partial charge in [0.25, 0.3) is 0 Å². The number of nitrogens with one attached hydrogen (secondary N) is 1. The highest BCUT2D eigenvalue weighted by atomic mass is 16.5. The fourth-order valence-electron chi connectivity index (χ4n) is 3.30. The van der Waals surface area contributed by atoms with E-state index in [1.807, 2.05) is 13.8 Å². The third kappa shape index (κ3) is 3.13. The largest absolute Gasteiger partial charge is 0.361 e. The Balaban J connectivity index is 1.68. The van der Waals surface area contributed by atoms with Crippen LogP contribution in [0, 0.1) is 20.8 Å². The number of hydrogen-bond donors (Lipinski definition) is 1. The summed E-state index contributed by atoms with van der Waals surface area (Å²) in [5.74, 6) is 1.89. The Labute approximate surface area is 134 Å². The number of aryl methyl sites for hydroxylation is 3. The first-order valence-electron chi connectivity index (χ1n) is 8.04. The van der Waals surface area contributed by atoms with Gasteiger partial charge in [-0.15, -0.1) is 0 Å².